The summed E-state index contributed by atoms with van der Waals surface area (Å²) in [5.41, 5.74) is 7.29. The number of amides is 1. The van der Waals surface area contributed by atoms with Gasteiger partial charge in [0, 0.05) is 6.20 Å². The third kappa shape index (κ3) is 1.94. The molecule has 0 spiro atoms. The summed E-state index contributed by atoms with van der Waals surface area (Å²) in [6.45, 7) is 0. The molecule has 0 bridgehead atoms. The van der Waals surface area contributed by atoms with E-state index >= 15 is 0 Å². The molecule has 0 aromatic carbocycles. The normalized spacial score (nSPS) is 12.5. The first-order valence-corrected chi connectivity index (χ1v) is 3.58. The maximum Gasteiger partial charge on any atom is 0.257 e. The number of carbonyl (C=O) groups is 1. The average Bonchev–Trinajstić information content (AvgIpc) is 2.05. The topological polar surface area (TPSA) is 53.8 Å². The lowest BCUT2D eigenvalue weighted by atomic mass is 10.2. The van der Waals surface area contributed by atoms with E-state index in [9.17, 15) is 4.79 Å². The number of aromatic nitrogens is 1. The number of hydrogen-bond donors (Lipinski definition) is 1. The van der Waals surface area contributed by atoms with E-state index in [1.807, 2.05) is 0 Å². The molecule has 1 atom stereocenters. The molecule has 1 aromatic heterocycles. The third-order valence-electron chi connectivity index (χ3n) is 1.22. The molecule has 0 fully saturated rings. The van der Waals surface area contributed by atoms with Crippen LogP contribution >= 0.6 is 12.6 Å². The fourth-order valence-electron chi connectivity index (χ4n) is 0.672. The van der Waals surface area contributed by atoms with Crippen LogP contribution in [0.1, 0.15) is 10.9 Å². The van der Waals surface area contributed by atoms with Gasteiger partial charge in [-0.2, -0.15) is 12.6 Å². The molecule has 3 nitrogen and oxygen atoms in total. The summed E-state index contributed by atoms with van der Waals surface area (Å²) in [7, 11) is 0. The molecule has 1 radical (unpaired) electrons. The summed E-state index contributed by atoms with van der Waals surface area (Å²) >= 11 is 3.91. The number of rotatable bonds is 2. The average molecular weight is 167 g/mol. The van der Waals surface area contributed by atoms with Crippen molar-refractivity contribution in [2.45, 2.75) is 5.25 Å². The summed E-state index contributed by atoms with van der Waals surface area (Å²) in [6.07, 6.45) is 1.57. The van der Waals surface area contributed by atoms with Crippen LogP contribution in [0, 0.1) is 0 Å². The van der Waals surface area contributed by atoms with Gasteiger partial charge in [-0.1, -0.05) is 6.07 Å². The third-order valence-corrected chi connectivity index (χ3v) is 1.72. The highest BCUT2D eigenvalue weighted by molar-refractivity contribution is 7.81. The van der Waals surface area contributed by atoms with Crippen molar-refractivity contribution in [3.05, 3.63) is 30.1 Å². The molecule has 0 aliphatic carbocycles. The van der Waals surface area contributed by atoms with E-state index in [4.69, 9.17) is 5.73 Å². The maximum atomic E-state index is 10.5. The van der Waals surface area contributed by atoms with Gasteiger partial charge in [0.1, 0.15) is 5.25 Å². The molecule has 0 aliphatic rings. The van der Waals surface area contributed by atoms with Gasteiger partial charge in [0.25, 0.3) is 5.91 Å². The van der Waals surface area contributed by atoms with Gasteiger partial charge in [0.2, 0.25) is 0 Å². The molecule has 0 saturated carbocycles. The summed E-state index contributed by atoms with van der Waals surface area (Å²) in [6, 6.07) is 5.18. The Balaban J connectivity index is 2.85. The lowest BCUT2D eigenvalue weighted by Gasteiger charge is -2.02. The van der Waals surface area contributed by atoms with Crippen molar-refractivity contribution in [2.24, 2.45) is 0 Å². The number of nitrogens with one attached hydrogen (secondary N) is 1. The van der Waals surface area contributed by atoms with Crippen molar-refractivity contribution in [3.63, 3.8) is 0 Å². The second-order valence-corrected chi connectivity index (χ2v) is 2.54. The van der Waals surface area contributed by atoms with E-state index in [0.717, 1.165) is 0 Å². The minimum atomic E-state index is -0.730. The van der Waals surface area contributed by atoms with Crippen LogP contribution < -0.4 is 5.73 Å². The molecule has 4 heteroatoms. The largest absolute Gasteiger partial charge is 0.272 e. The standard InChI is InChI=1S/C7H7N2OS/c8-7(10)6(11)5-3-1-2-4-9-5/h1-4,6,8,11H. The van der Waals surface area contributed by atoms with Gasteiger partial charge in [-0.05, 0) is 12.1 Å². The van der Waals surface area contributed by atoms with Crippen LogP contribution in [-0.2, 0) is 4.79 Å². The zero-order valence-electron chi connectivity index (χ0n) is 5.69. The van der Waals surface area contributed by atoms with E-state index in [2.05, 4.69) is 17.6 Å². The van der Waals surface area contributed by atoms with Gasteiger partial charge in [0.05, 0.1) is 5.69 Å². The summed E-state index contributed by atoms with van der Waals surface area (Å²) in [4.78, 5) is 14.4. The van der Waals surface area contributed by atoms with Gasteiger partial charge in [0.15, 0.2) is 0 Å². The van der Waals surface area contributed by atoms with E-state index in [-0.39, 0.29) is 0 Å². The van der Waals surface area contributed by atoms with Crippen LogP contribution in [0.2, 0.25) is 0 Å². The Labute approximate surface area is 70.0 Å². The van der Waals surface area contributed by atoms with E-state index in [1.165, 1.54) is 0 Å². The highest BCUT2D eigenvalue weighted by atomic mass is 32.1. The monoisotopic (exact) mass is 167 g/mol. The molecule has 1 N–H and O–H groups in total. The van der Waals surface area contributed by atoms with E-state index in [1.54, 1.807) is 24.4 Å². The zero-order valence-corrected chi connectivity index (χ0v) is 6.58. The Kier molecular flexibility index (Phi) is 2.48. The predicted octanol–water partition coefficient (Wildman–Crippen LogP) is 0.862. The molecule has 1 heterocycles. The first-order chi connectivity index (χ1) is 5.22. The van der Waals surface area contributed by atoms with Crippen LogP contribution in [0.4, 0.5) is 0 Å². The van der Waals surface area contributed by atoms with E-state index in [0.29, 0.717) is 5.69 Å². The van der Waals surface area contributed by atoms with Gasteiger partial charge >= 0.3 is 0 Å². The molecular weight excluding hydrogens is 160 g/mol. The summed E-state index contributed by atoms with van der Waals surface area (Å²) in [5.74, 6) is -0.730. The fourth-order valence-corrected chi connectivity index (χ4v) is 0.825. The number of thiol groups is 1. The molecule has 57 valence electrons. The molecule has 11 heavy (non-hydrogen) atoms. The maximum absolute atomic E-state index is 10.5. The van der Waals surface area contributed by atoms with Gasteiger partial charge in [-0.15, -0.1) is 0 Å². The SMILES string of the molecule is [NH]C(=O)C(S)c1ccccn1. The number of carbonyl (C=O) groups excluding carboxylic acids is 1. The Morgan fingerprint density at radius 1 is 1.64 bits per heavy atom. The molecule has 0 aliphatic heterocycles. The van der Waals surface area contributed by atoms with E-state index < -0.39 is 11.2 Å². The number of hydrogen-bond acceptors (Lipinski definition) is 3. The van der Waals surface area contributed by atoms with Gasteiger partial charge < -0.3 is 0 Å². The predicted molar refractivity (Wildman–Crippen MR) is 44.1 cm³/mol. The Bertz CT molecular complexity index is 250. The van der Waals surface area contributed by atoms with Crippen molar-refractivity contribution in [1.82, 2.24) is 10.7 Å². The Morgan fingerprint density at radius 3 is 2.82 bits per heavy atom. The van der Waals surface area contributed by atoms with Crippen molar-refractivity contribution < 1.29 is 4.79 Å². The summed E-state index contributed by atoms with van der Waals surface area (Å²) < 4.78 is 0. The smallest absolute Gasteiger partial charge is 0.257 e. The van der Waals surface area contributed by atoms with Crippen molar-refractivity contribution in [1.29, 1.82) is 0 Å². The lowest BCUT2D eigenvalue weighted by molar-refractivity contribution is -0.118. The van der Waals surface area contributed by atoms with Crippen molar-refractivity contribution in [2.75, 3.05) is 0 Å². The van der Waals surface area contributed by atoms with Crippen molar-refractivity contribution >= 4 is 18.5 Å². The Hall–Kier alpha value is -1.03. The highest BCUT2D eigenvalue weighted by Gasteiger charge is 2.13. The zero-order chi connectivity index (χ0) is 8.27. The molecule has 1 rings (SSSR count). The quantitative estimate of drug-likeness (QED) is 0.664. The molecule has 0 saturated heterocycles. The fraction of sp³-hybridized carbons (Fsp3) is 0.143. The second kappa shape index (κ2) is 3.39. The van der Waals surface area contributed by atoms with Crippen LogP contribution in [0.3, 0.4) is 0 Å². The highest BCUT2D eigenvalue weighted by Crippen LogP contribution is 2.15. The molecule has 1 unspecified atom stereocenters. The first kappa shape index (κ1) is 8.07. The lowest BCUT2D eigenvalue weighted by Crippen LogP contribution is -2.08. The van der Waals surface area contributed by atoms with Crippen LogP contribution in [0.15, 0.2) is 24.4 Å². The van der Waals surface area contributed by atoms with Crippen LogP contribution in [0.25, 0.3) is 0 Å². The van der Waals surface area contributed by atoms with Crippen molar-refractivity contribution in [3.8, 4) is 0 Å². The number of nitrogens with zero attached hydrogens (tertiary/aromatic N) is 1. The minimum Gasteiger partial charge on any atom is -0.272 e. The summed E-state index contributed by atoms with van der Waals surface area (Å²) in [5, 5.41) is -0.712. The number of pyridine rings is 1. The Morgan fingerprint density at radius 2 is 2.36 bits per heavy atom. The molecular formula is C7H7N2OS. The molecule has 1 amide bonds. The first-order valence-electron chi connectivity index (χ1n) is 3.06. The van der Waals surface area contributed by atoms with Gasteiger partial charge in [-0.3, -0.25) is 15.5 Å². The minimum absolute atomic E-state index is 0.524. The second-order valence-electron chi connectivity index (χ2n) is 2.02. The molecule has 1 aromatic rings. The van der Waals surface area contributed by atoms with Crippen LogP contribution in [0.5, 0.6) is 0 Å². The van der Waals surface area contributed by atoms with Crippen LogP contribution in [-0.4, -0.2) is 10.9 Å². The van der Waals surface area contributed by atoms with Gasteiger partial charge in [-0.25, -0.2) is 0 Å².